The zero-order valence-electron chi connectivity index (χ0n) is 18.6. The van der Waals surface area contributed by atoms with Gasteiger partial charge in [0.1, 0.15) is 17.7 Å². The van der Waals surface area contributed by atoms with Crippen LogP contribution in [0.1, 0.15) is 22.4 Å². The second-order valence-corrected chi connectivity index (χ2v) is 7.63. The number of nitrogen functional groups attached to an aromatic ring is 1. The lowest BCUT2D eigenvalue weighted by molar-refractivity contribution is -0.137. The van der Waals surface area contributed by atoms with Gasteiger partial charge in [0.2, 0.25) is 11.8 Å². The van der Waals surface area contributed by atoms with E-state index in [0.717, 1.165) is 12.3 Å². The van der Waals surface area contributed by atoms with Crippen molar-refractivity contribution in [1.82, 2.24) is 34.7 Å². The van der Waals surface area contributed by atoms with E-state index < -0.39 is 42.3 Å². The number of imidazole rings is 1. The standard InChI is InChI=1S/C21H21FN8O5/c1-24-19(33)16-14(31)15(32)21(35-16)30-9-26-13-17(23)27-12(28-18(13)30)4-3-7-29(2)20(34)10-5-6-11(22)25-8-10/h5-6,8-9,14-16,21,31-32H,7H2,1-2H3,(H,24,33)(H2,23,27,28)/t14-,15?,16-,21+/m0/s1. The van der Waals surface area contributed by atoms with E-state index in [-0.39, 0.29) is 34.9 Å². The summed E-state index contributed by atoms with van der Waals surface area (Å²) in [5.41, 5.74) is 6.56. The molecule has 1 aliphatic heterocycles. The second-order valence-electron chi connectivity index (χ2n) is 7.63. The number of carbonyl (C=O) groups excluding carboxylic acids is 2. The molecule has 0 saturated carbocycles. The Balaban J connectivity index is 1.56. The largest absolute Gasteiger partial charge is 0.387 e. The number of aliphatic hydroxyl groups is 2. The van der Waals surface area contributed by atoms with E-state index in [1.54, 1.807) is 0 Å². The summed E-state index contributed by atoms with van der Waals surface area (Å²) in [4.78, 5) is 41.6. The third-order valence-electron chi connectivity index (χ3n) is 5.30. The maximum atomic E-state index is 13.0. The monoisotopic (exact) mass is 484 g/mol. The number of aliphatic hydroxyl groups excluding tert-OH is 2. The first kappa shape index (κ1) is 24.0. The van der Waals surface area contributed by atoms with Crippen molar-refractivity contribution < 1.29 is 28.9 Å². The number of amides is 2. The van der Waals surface area contributed by atoms with Crippen LogP contribution in [-0.4, -0.2) is 90.4 Å². The number of anilines is 1. The molecule has 3 aromatic rings. The van der Waals surface area contributed by atoms with Crippen molar-refractivity contribution in [1.29, 1.82) is 0 Å². The number of nitrogens with zero attached hydrogens (tertiary/aromatic N) is 6. The molecule has 14 heteroatoms. The number of halogens is 1. The Bertz CT molecular complexity index is 1340. The van der Waals surface area contributed by atoms with Crippen LogP contribution in [0.2, 0.25) is 0 Å². The average molecular weight is 484 g/mol. The highest BCUT2D eigenvalue weighted by Gasteiger charge is 2.47. The summed E-state index contributed by atoms with van der Waals surface area (Å²) in [5, 5.41) is 23.0. The van der Waals surface area contributed by atoms with E-state index >= 15 is 0 Å². The van der Waals surface area contributed by atoms with Gasteiger partial charge in [0.25, 0.3) is 11.8 Å². The van der Waals surface area contributed by atoms with Gasteiger partial charge in [-0.15, -0.1) is 0 Å². The number of hydrogen-bond acceptors (Lipinski definition) is 10. The molecular weight excluding hydrogens is 463 g/mol. The van der Waals surface area contributed by atoms with Gasteiger partial charge in [-0.2, -0.15) is 4.39 Å². The fraction of sp³-hybridized carbons (Fsp3) is 0.333. The van der Waals surface area contributed by atoms with Gasteiger partial charge in [-0.1, -0.05) is 5.92 Å². The molecule has 3 aromatic heterocycles. The van der Waals surface area contributed by atoms with Gasteiger partial charge in [0.15, 0.2) is 23.8 Å². The molecule has 1 fully saturated rings. The molecule has 0 bridgehead atoms. The maximum absolute atomic E-state index is 13.0. The highest BCUT2D eigenvalue weighted by atomic mass is 19.1. The second kappa shape index (κ2) is 9.58. The van der Waals surface area contributed by atoms with Crippen LogP contribution in [-0.2, 0) is 9.53 Å². The lowest BCUT2D eigenvalue weighted by Gasteiger charge is -2.16. The quantitative estimate of drug-likeness (QED) is 0.249. The van der Waals surface area contributed by atoms with Crippen molar-refractivity contribution >= 4 is 28.8 Å². The molecular formula is C21H21FN8O5. The van der Waals surface area contributed by atoms with E-state index in [1.165, 1.54) is 36.0 Å². The Hall–Kier alpha value is -4.19. The number of fused-ring (bicyclic) bond motifs is 1. The Labute approximate surface area is 197 Å². The van der Waals surface area contributed by atoms with Gasteiger partial charge in [0, 0.05) is 20.3 Å². The number of pyridine rings is 1. The number of likely N-dealkylation sites (N-methyl/N-ethyl adjacent to an activating group) is 1. The van der Waals surface area contributed by atoms with Gasteiger partial charge < -0.3 is 30.9 Å². The minimum Gasteiger partial charge on any atom is -0.387 e. The van der Waals surface area contributed by atoms with E-state index in [2.05, 4.69) is 37.1 Å². The highest BCUT2D eigenvalue weighted by molar-refractivity contribution is 5.93. The third-order valence-corrected chi connectivity index (χ3v) is 5.30. The van der Waals surface area contributed by atoms with E-state index in [0.29, 0.717) is 0 Å². The molecule has 0 spiro atoms. The maximum Gasteiger partial charge on any atom is 0.255 e. The Morgan fingerprint density at radius 1 is 1.29 bits per heavy atom. The summed E-state index contributed by atoms with van der Waals surface area (Å²) in [7, 11) is 2.89. The Morgan fingerprint density at radius 3 is 2.74 bits per heavy atom. The normalized spacial score (nSPS) is 21.4. The molecule has 0 aromatic carbocycles. The fourth-order valence-corrected chi connectivity index (χ4v) is 3.46. The lowest BCUT2D eigenvalue weighted by Crippen LogP contribution is -2.41. The van der Waals surface area contributed by atoms with Crippen LogP contribution in [0.25, 0.3) is 11.2 Å². The van der Waals surface area contributed by atoms with Crippen molar-refractivity contribution in [2.24, 2.45) is 0 Å². The third kappa shape index (κ3) is 4.60. The van der Waals surface area contributed by atoms with Crippen LogP contribution in [0.4, 0.5) is 10.2 Å². The van der Waals surface area contributed by atoms with Gasteiger partial charge >= 0.3 is 0 Å². The molecule has 2 amide bonds. The SMILES string of the molecule is CNC(=O)[C@H]1O[C@@H](n2cnc3c(N)nc(C#CCN(C)C(=O)c4ccc(F)nc4)nc32)C(O)[C@@H]1O. The number of hydrogen-bond donors (Lipinski definition) is 4. The number of nitrogens with one attached hydrogen (secondary N) is 1. The molecule has 4 atom stereocenters. The zero-order chi connectivity index (χ0) is 25.3. The van der Waals surface area contributed by atoms with Crippen molar-refractivity contribution in [2.45, 2.75) is 24.5 Å². The minimum atomic E-state index is -1.47. The molecule has 1 unspecified atom stereocenters. The van der Waals surface area contributed by atoms with Crippen LogP contribution < -0.4 is 11.1 Å². The minimum absolute atomic E-state index is 0.00122. The summed E-state index contributed by atoms with van der Waals surface area (Å²) in [5.74, 6) is 3.79. The molecule has 5 N–H and O–H groups in total. The molecule has 13 nitrogen and oxygen atoms in total. The van der Waals surface area contributed by atoms with Crippen molar-refractivity contribution in [3.05, 3.63) is 42.0 Å². The first-order valence-corrected chi connectivity index (χ1v) is 10.3. The highest BCUT2D eigenvalue weighted by Crippen LogP contribution is 2.32. The van der Waals surface area contributed by atoms with Crippen LogP contribution in [0, 0.1) is 17.8 Å². The van der Waals surface area contributed by atoms with Gasteiger partial charge in [-0.25, -0.2) is 19.9 Å². The number of carbonyl (C=O) groups is 2. The van der Waals surface area contributed by atoms with Crippen LogP contribution in [0.15, 0.2) is 24.7 Å². The Kier molecular flexibility index (Phi) is 6.56. The lowest BCUT2D eigenvalue weighted by atomic mass is 10.1. The topological polar surface area (TPSA) is 182 Å². The molecule has 0 radical (unpaired) electrons. The van der Waals surface area contributed by atoms with Gasteiger partial charge in [-0.05, 0) is 18.1 Å². The fourth-order valence-electron chi connectivity index (χ4n) is 3.46. The van der Waals surface area contributed by atoms with E-state index in [4.69, 9.17) is 10.5 Å². The van der Waals surface area contributed by atoms with Crippen molar-refractivity contribution in [3.63, 3.8) is 0 Å². The zero-order valence-corrected chi connectivity index (χ0v) is 18.6. The van der Waals surface area contributed by atoms with Crippen LogP contribution >= 0.6 is 0 Å². The van der Waals surface area contributed by atoms with Gasteiger partial charge in [0.05, 0.1) is 18.4 Å². The van der Waals surface area contributed by atoms with Gasteiger partial charge in [-0.3, -0.25) is 14.2 Å². The average Bonchev–Trinajstić information content (AvgIpc) is 3.39. The first-order valence-electron chi connectivity index (χ1n) is 10.3. The molecule has 35 heavy (non-hydrogen) atoms. The number of rotatable bonds is 4. The number of ether oxygens (including phenoxy) is 1. The van der Waals surface area contributed by atoms with E-state index in [9.17, 15) is 24.2 Å². The summed E-state index contributed by atoms with van der Waals surface area (Å²) in [6.07, 6.45) is -2.95. The summed E-state index contributed by atoms with van der Waals surface area (Å²) in [6, 6.07) is 2.40. The predicted molar refractivity (Wildman–Crippen MR) is 118 cm³/mol. The van der Waals surface area contributed by atoms with Crippen molar-refractivity contribution in [2.75, 3.05) is 26.4 Å². The predicted octanol–water partition coefficient (Wildman–Crippen LogP) is -1.57. The summed E-state index contributed by atoms with van der Waals surface area (Å²) >= 11 is 0. The summed E-state index contributed by atoms with van der Waals surface area (Å²) in [6.45, 7) is 0.00122. The molecule has 4 heterocycles. The number of nitrogens with two attached hydrogens (primary N) is 1. The summed E-state index contributed by atoms with van der Waals surface area (Å²) < 4.78 is 19.8. The molecule has 0 aliphatic carbocycles. The number of aromatic nitrogens is 5. The first-order chi connectivity index (χ1) is 16.7. The molecule has 1 aliphatic rings. The van der Waals surface area contributed by atoms with Crippen LogP contribution in [0.5, 0.6) is 0 Å². The smallest absolute Gasteiger partial charge is 0.255 e. The molecule has 182 valence electrons. The van der Waals surface area contributed by atoms with Crippen LogP contribution in [0.3, 0.4) is 0 Å². The molecule has 1 saturated heterocycles. The molecule has 4 rings (SSSR count). The van der Waals surface area contributed by atoms with Crippen molar-refractivity contribution in [3.8, 4) is 11.8 Å². The van der Waals surface area contributed by atoms with E-state index in [1.807, 2.05) is 0 Å². The Morgan fingerprint density at radius 2 is 2.06 bits per heavy atom.